The summed E-state index contributed by atoms with van der Waals surface area (Å²) in [5.41, 5.74) is 2.66. The molecule has 0 radical (unpaired) electrons. The molecular formula is C16H16N2O. The van der Waals surface area contributed by atoms with Crippen LogP contribution in [0.2, 0.25) is 0 Å². The molecule has 0 saturated carbocycles. The Morgan fingerprint density at radius 3 is 2.37 bits per heavy atom. The molecule has 1 aliphatic rings. The number of carbonyl (C=O) groups is 1. The lowest BCUT2D eigenvalue weighted by Crippen LogP contribution is -2.27. The molecule has 0 atom stereocenters. The predicted molar refractivity (Wildman–Crippen MR) is 74.8 cm³/mol. The van der Waals surface area contributed by atoms with Gasteiger partial charge >= 0.3 is 0 Å². The molecule has 3 rings (SSSR count). The Kier molecular flexibility index (Phi) is 3.27. The summed E-state index contributed by atoms with van der Waals surface area (Å²) in [7, 11) is 0. The number of carbonyl (C=O) groups excluding carboxylic acids is 1. The predicted octanol–water partition coefficient (Wildman–Crippen LogP) is 2.98. The zero-order valence-corrected chi connectivity index (χ0v) is 10.7. The van der Waals surface area contributed by atoms with Crippen LogP contribution in [0.15, 0.2) is 48.7 Å². The third-order valence-electron chi connectivity index (χ3n) is 3.47. The van der Waals surface area contributed by atoms with Crippen LogP contribution in [-0.2, 0) is 0 Å². The Balaban J connectivity index is 1.81. The van der Waals surface area contributed by atoms with Crippen molar-refractivity contribution in [2.45, 2.75) is 12.8 Å². The molecule has 0 N–H and O–H groups in total. The normalized spacial score (nSPS) is 14.6. The SMILES string of the molecule is O=C(c1ccc(-c2ccccc2)nc1)N1CCCC1. The molecule has 96 valence electrons. The topological polar surface area (TPSA) is 33.2 Å². The minimum atomic E-state index is 0.101. The minimum Gasteiger partial charge on any atom is -0.339 e. The quantitative estimate of drug-likeness (QED) is 0.823. The third-order valence-corrected chi connectivity index (χ3v) is 3.47. The fourth-order valence-electron chi connectivity index (χ4n) is 2.40. The highest BCUT2D eigenvalue weighted by molar-refractivity contribution is 5.94. The molecule has 3 nitrogen and oxygen atoms in total. The van der Waals surface area contributed by atoms with Crippen molar-refractivity contribution in [3.63, 3.8) is 0 Å². The van der Waals surface area contributed by atoms with Gasteiger partial charge in [-0.3, -0.25) is 9.78 Å². The summed E-state index contributed by atoms with van der Waals surface area (Å²) in [6.45, 7) is 1.75. The second kappa shape index (κ2) is 5.22. The minimum absolute atomic E-state index is 0.101. The number of benzene rings is 1. The van der Waals surface area contributed by atoms with Crippen LogP contribution in [0.25, 0.3) is 11.3 Å². The lowest BCUT2D eigenvalue weighted by Gasteiger charge is -2.14. The Bertz CT molecular complexity index is 557. The molecule has 1 fully saturated rings. The van der Waals surface area contributed by atoms with Gasteiger partial charge in [0.15, 0.2) is 0 Å². The van der Waals surface area contributed by atoms with Crippen molar-refractivity contribution in [3.8, 4) is 11.3 Å². The third kappa shape index (κ3) is 2.50. The van der Waals surface area contributed by atoms with Crippen LogP contribution in [0.5, 0.6) is 0 Å². The summed E-state index contributed by atoms with van der Waals surface area (Å²) < 4.78 is 0. The number of likely N-dealkylation sites (tertiary alicyclic amines) is 1. The van der Waals surface area contributed by atoms with Crippen LogP contribution in [-0.4, -0.2) is 28.9 Å². The summed E-state index contributed by atoms with van der Waals surface area (Å²) in [5.74, 6) is 0.101. The number of aromatic nitrogens is 1. The van der Waals surface area contributed by atoms with E-state index in [4.69, 9.17) is 0 Å². The molecule has 0 aliphatic carbocycles. The van der Waals surface area contributed by atoms with Gasteiger partial charge in [-0.05, 0) is 25.0 Å². The maximum absolute atomic E-state index is 12.2. The molecule has 1 aliphatic heterocycles. The standard InChI is InChI=1S/C16H16N2O/c19-16(18-10-4-5-11-18)14-8-9-15(17-12-14)13-6-2-1-3-7-13/h1-3,6-9,12H,4-5,10-11H2. The zero-order chi connectivity index (χ0) is 13.1. The highest BCUT2D eigenvalue weighted by Gasteiger charge is 2.19. The highest BCUT2D eigenvalue weighted by Crippen LogP contribution is 2.18. The summed E-state index contributed by atoms with van der Waals surface area (Å²) in [6, 6.07) is 13.8. The van der Waals surface area contributed by atoms with E-state index in [1.807, 2.05) is 47.4 Å². The average molecular weight is 252 g/mol. The lowest BCUT2D eigenvalue weighted by atomic mass is 10.1. The van der Waals surface area contributed by atoms with Gasteiger partial charge in [-0.15, -0.1) is 0 Å². The van der Waals surface area contributed by atoms with Gasteiger partial charge in [0.1, 0.15) is 0 Å². The van der Waals surface area contributed by atoms with Crippen molar-refractivity contribution in [1.29, 1.82) is 0 Å². The molecule has 0 spiro atoms. The zero-order valence-electron chi connectivity index (χ0n) is 10.7. The number of nitrogens with zero attached hydrogens (tertiary/aromatic N) is 2. The molecule has 2 aromatic rings. The van der Waals surface area contributed by atoms with Crippen LogP contribution in [0.3, 0.4) is 0 Å². The number of pyridine rings is 1. The first-order valence-electron chi connectivity index (χ1n) is 6.65. The average Bonchev–Trinajstić information content (AvgIpc) is 3.02. The molecule has 1 aromatic heterocycles. The van der Waals surface area contributed by atoms with Crippen LogP contribution < -0.4 is 0 Å². The molecule has 1 aromatic carbocycles. The maximum atomic E-state index is 12.2. The molecule has 1 saturated heterocycles. The summed E-state index contributed by atoms with van der Waals surface area (Å²) in [6.07, 6.45) is 3.91. The number of rotatable bonds is 2. The Morgan fingerprint density at radius 2 is 1.74 bits per heavy atom. The number of hydrogen-bond donors (Lipinski definition) is 0. The van der Waals surface area contributed by atoms with Gasteiger partial charge in [-0.2, -0.15) is 0 Å². The van der Waals surface area contributed by atoms with E-state index >= 15 is 0 Å². The van der Waals surface area contributed by atoms with E-state index in [0.29, 0.717) is 5.56 Å². The maximum Gasteiger partial charge on any atom is 0.255 e. The van der Waals surface area contributed by atoms with Gasteiger partial charge in [0.05, 0.1) is 11.3 Å². The van der Waals surface area contributed by atoms with E-state index < -0.39 is 0 Å². The van der Waals surface area contributed by atoms with E-state index in [1.165, 1.54) is 0 Å². The van der Waals surface area contributed by atoms with Crippen LogP contribution >= 0.6 is 0 Å². The summed E-state index contributed by atoms with van der Waals surface area (Å²) in [5, 5.41) is 0. The molecule has 1 amide bonds. The van der Waals surface area contributed by atoms with Crippen molar-refractivity contribution in [2.24, 2.45) is 0 Å². The number of amides is 1. The lowest BCUT2D eigenvalue weighted by molar-refractivity contribution is 0.0792. The monoisotopic (exact) mass is 252 g/mol. The molecule has 0 unspecified atom stereocenters. The Labute approximate surface area is 112 Å². The van der Waals surface area contributed by atoms with Crippen LogP contribution in [0.1, 0.15) is 23.2 Å². The largest absolute Gasteiger partial charge is 0.339 e. The Morgan fingerprint density at radius 1 is 1.00 bits per heavy atom. The molecule has 2 heterocycles. The van der Waals surface area contributed by atoms with E-state index in [9.17, 15) is 4.79 Å². The fourth-order valence-corrected chi connectivity index (χ4v) is 2.40. The smallest absolute Gasteiger partial charge is 0.255 e. The first-order valence-corrected chi connectivity index (χ1v) is 6.65. The van der Waals surface area contributed by atoms with Crippen molar-refractivity contribution in [2.75, 3.05) is 13.1 Å². The van der Waals surface area contributed by atoms with E-state index in [2.05, 4.69) is 4.98 Å². The first-order chi connectivity index (χ1) is 9.34. The van der Waals surface area contributed by atoms with E-state index in [-0.39, 0.29) is 5.91 Å². The highest BCUT2D eigenvalue weighted by atomic mass is 16.2. The Hall–Kier alpha value is -2.16. The molecule has 0 bridgehead atoms. The van der Waals surface area contributed by atoms with Crippen molar-refractivity contribution < 1.29 is 4.79 Å². The van der Waals surface area contributed by atoms with Gasteiger partial charge in [-0.25, -0.2) is 0 Å². The van der Waals surface area contributed by atoms with Gasteiger partial charge in [-0.1, -0.05) is 30.3 Å². The molecule has 3 heteroatoms. The van der Waals surface area contributed by atoms with Crippen molar-refractivity contribution >= 4 is 5.91 Å². The van der Waals surface area contributed by atoms with Gasteiger partial charge in [0, 0.05) is 24.8 Å². The second-order valence-electron chi connectivity index (χ2n) is 4.80. The van der Waals surface area contributed by atoms with E-state index in [1.54, 1.807) is 6.20 Å². The first kappa shape index (κ1) is 11.9. The van der Waals surface area contributed by atoms with Crippen LogP contribution in [0.4, 0.5) is 0 Å². The van der Waals surface area contributed by atoms with Gasteiger partial charge < -0.3 is 4.90 Å². The summed E-state index contributed by atoms with van der Waals surface area (Å²) in [4.78, 5) is 18.5. The molecular weight excluding hydrogens is 236 g/mol. The van der Waals surface area contributed by atoms with Crippen LogP contribution in [0, 0.1) is 0 Å². The second-order valence-corrected chi connectivity index (χ2v) is 4.80. The van der Waals surface area contributed by atoms with Gasteiger partial charge in [0.25, 0.3) is 5.91 Å². The van der Waals surface area contributed by atoms with Gasteiger partial charge in [0.2, 0.25) is 0 Å². The molecule has 19 heavy (non-hydrogen) atoms. The number of hydrogen-bond acceptors (Lipinski definition) is 2. The van der Waals surface area contributed by atoms with E-state index in [0.717, 1.165) is 37.2 Å². The van der Waals surface area contributed by atoms with Crippen molar-refractivity contribution in [1.82, 2.24) is 9.88 Å². The van der Waals surface area contributed by atoms with Crippen molar-refractivity contribution in [3.05, 3.63) is 54.2 Å². The summed E-state index contributed by atoms with van der Waals surface area (Å²) >= 11 is 0. The fraction of sp³-hybridized carbons (Fsp3) is 0.250.